The summed E-state index contributed by atoms with van der Waals surface area (Å²) >= 11 is 0. The molecule has 1 atom stereocenters. The lowest BCUT2D eigenvalue weighted by Crippen LogP contribution is -2.36. The Hall–Kier alpha value is -2.04. The quantitative estimate of drug-likeness (QED) is 0.784. The summed E-state index contributed by atoms with van der Waals surface area (Å²) in [5.41, 5.74) is 5.97. The Labute approximate surface area is 137 Å². The average Bonchev–Trinajstić information content (AvgIpc) is 3.02. The summed E-state index contributed by atoms with van der Waals surface area (Å²) in [6.07, 6.45) is 6.40. The van der Waals surface area contributed by atoms with Gasteiger partial charge in [0.25, 0.3) is 0 Å². The molecule has 0 spiro atoms. The van der Waals surface area contributed by atoms with Crippen LogP contribution in [-0.4, -0.2) is 37.4 Å². The number of carbonyl (C=O) groups is 2. The monoisotopic (exact) mass is 318 g/mol. The van der Waals surface area contributed by atoms with Crippen LogP contribution in [0.1, 0.15) is 43.6 Å². The van der Waals surface area contributed by atoms with Crippen molar-refractivity contribution in [3.63, 3.8) is 0 Å². The van der Waals surface area contributed by atoms with Gasteiger partial charge in [-0.1, -0.05) is 37.8 Å². The predicted octanol–water partition coefficient (Wildman–Crippen LogP) is 2.30. The molecule has 1 fully saturated rings. The van der Waals surface area contributed by atoms with Gasteiger partial charge < -0.3 is 15.4 Å². The van der Waals surface area contributed by atoms with Crippen LogP contribution in [0.3, 0.4) is 0 Å². The van der Waals surface area contributed by atoms with E-state index in [9.17, 15) is 9.59 Å². The van der Waals surface area contributed by atoms with E-state index >= 15 is 0 Å². The molecule has 1 aromatic rings. The molecule has 0 bridgehead atoms. The molecular formula is C18H26N2O3. The minimum Gasteiger partial charge on any atom is -0.494 e. The van der Waals surface area contributed by atoms with E-state index in [1.807, 2.05) is 0 Å². The first-order valence-corrected chi connectivity index (χ1v) is 8.22. The van der Waals surface area contributed by atoms with Gasteiger partial charge in [0.2, 0.25) is 11.8 Å². The largest absolute Gasteiger partial charge is 0.494 e. The molecule has 1 unspecified atom stereocenters. The smallest absolute Gasteiger partial charge is 0.239 e. The van der Waals surface area contributed by atoms with Crippen LogP contribution in [0.2, 0.25) is 0 Å². The number of hydrogen-bond acceptors (Lipinski definition) is 3. The van der Waals surface area contributed by atoms with E-state index in [4.69, 9.17) is 10.5 Å². The highest BCUT2D eigenvalue weighted by atomic mass is 16.5. The first-order chi connectivity index (χ1) is 11.0. The van der Waals surface area contributed by atoms with E-state index in [0.717, 1.165) is 18.1 Å². The third kappa shape index (κ3) is 4.71. The number of likely N-dealkylation sites (N-methyl/N-ethyl adjacent to an activating group) is 1. The Balaban J connectivity index is 1.94. The number of carbonyl (C=O) groups excluding carboxylic acids is 2. The summed E-state index contributed by atoms with van der Waals surface area (Å²) in [7, 11) is 3.22. The molecule has 0 aliphatic heterocycles. The minimum absolute atomic E-state index is 0.313. The van der Waals surface area contributed by atoms with Crippen LogP contribution >= 0.6 is 0 Å². The summed E-state index contributed by atoms with van der Waals surface area (Å²) in [5, 5.41) is 0. The van der Waals surface area contributed by atoms with Crippen molar-refractivity contribution in [2.45, 2.75) is 38.0 Å². The SMILES string of the molecule is CN(C)C(=O)C(C(N)=O)c1ccc(OCCC2CCCC2)cc1. The highest BCUT2D eigenvalue weighted by Gasteiger charge is 2.27. The Morgan fingerprint density at radius 3 is 2.35 bits per heavy atom. The third-order valence-corrected chi connectivity index (χ3v) is 4.46. The minimum atomic E-state index is -0.947. The molecule has 2 rings (SSSR count). The molecule has 2 amide bonds. The Bertz CT molecular complexity index is 534. The first kappa shape index (κ1) is 17.3. The van der Waals surface area contributed by atoms with Gasteiger partial charge in [-0.15, -0.1) is 0 Å². The molecule has 1 saturated carbocycles. The van der Waals surface area contributed by atoms with Gasteiger partial charge in [-0.05, 0) is 30.0 Å². The van der Waals surface area contributed by atoms with Crippen LogP contribution in [0.4, 0.5) is 0 Å². The molecular weight excluding hydrogens is 292 g/mol. The molecule has 5 nitrogen and oxygen atoms in total. The maximum Gasteiger partial charge on any atom is 0.239 e. The van der Waals surface area contributed by atoms with Gasteiger partial charge in [-0.3, -0.25) is 9.59 Å². The standard InChI is InChI=1S/C18H26N2O3/c1-20(2)18(22)16(17(19)21)14-7-9-15(10-8-14)23-12-11-13-5-3-4-6-13/h7-10,13,16H,3-6,11-12H2,1-2H3,(H2,19,21). The van der Waals surface area contributed by atoms with Gasteiger partial charge in [-0.2, -0.15) is 0 Å². The molecule has 1 aliphatic carbocycles. The fourth-order valence-corrected chi connectivity index (χ4v) is 3.09. The van der Waals surface area contributed by atoms with Gasteiger partial charge in [0.05, 0.1) is 6.61 Å². The van der Waals surface area contributed by atoms with Crippen molar-refractivity contribution in [1.29, 1.82) is 0 Å². The average molecular weight is 318 g/mol. The predicted molar refractivity (Wildman–Crippen MR) is 89.1 cm³/mol. The van der Waals surface area contributed by atoms with E-state index in [0.29, 0.717) is 12.2 Å². The first-order valence-electron chi connectivity index (χ1n) is 8.22. The highest BCUT2D eigenvalue weighted by molar-refractivity contribution is 6.04. The maximum absolute atomic E-state index is 12.1. The molecule has 0 radical (unpaired) electrons. The number of nitrogens with two attached hydrogens (primary N) is 1. The molecule has 23 heavy (non-hydrogen) atoms. The fourth-order valence-electron chi connectivity index (χ4n) is 3.09. The molecule has 1 aliphatic rings. The van der Waals surface area contributed by atoms with Gasteiger partial charge in [0.15, 0.2) is 0 Å². The number of rotatable bonds is 7. The normalized spacial score (nSPS) is 16.1. The lowest BCUT2D eigenvalue weighted by molar-refractivity contribution is -0.135. The van der Waals surface area contributed by atoms with Gasteiger partial charge in [0, 0.05) is 14.1 Å². The van der Waals surface area contributed by atoms with E-state index in [2.05, 4.69) is 0 Å². The van der Waals surface area contributed by atoms with Gasteiger partial charge in [0.1, 0.15) is 11.7 Å². The summed E-state index contributed by atoms with van der Waals surface area (Å²) in [5.74, 6) is -0.345. The molecule has 0 aromatic heterocycles. The van der Waals surface area contributed by atoms with Crippen molar-refractivity contribution in [3.05, 3.63) is 29.8 Å². The number of ether oxygens (including phenoxy) is 1. The van der Waals surface area contributed by atoms with Crippen LogP contribution in [-0.2, 0) is 9.59 Å². The zero-order valence-corrected chi connectivity index (χ0v) is 14.0. The zero-order valence-electron chi connectivity index (χ0n) is 14.0. The number of amides is 2. The second-order valence-corrected chi connectivity index (χ2v) is 6.42. The second kappa shape index (κ2) is 7.99. The van der Waals surface area contributed by atoms with Crippen molar-refractivity contribution >= 4 is 11.8 Å². The van der Waals surface area contributed by atoms with Crippen molar-refractivity contribution in [2.24, 2.45) is 11.7 Å². The lowest BCUT2D eigenvalue weighted by Gasteiger charge is -2.18. The second-order valence-electron chi connectivity index (χ2n) is 6.42. The van der Waals surface area contributed by atoms with Crippen molar-refractivity contribution in [3.8, 4) is 5.75 Å². The molecule has 1 aromatic carbocycles. The molecule has 2 N–H and O–H groups in total. The number of primary amides is 1. The van der Waals surface area contributed by atoms with Crippen molar-refractivity contribution in [2.75, 3.05) is 20.7 Å². The topological polar surface area (TPSA) is 72.6 Å². The van der Waals surface area contributed by atoms with Crippen LogP contribution < -0.4 is 10.5 Å². The third-order valence-electron chi connectivity index (χ3n) is 4.46. The number of hydrogen-bond donors (Lipinski definition) is 1. The fraction of sp³-hybridized carbons (Fsp3) is 0.556. The summed E-state index contributed by atoms with van der Waals surface area (Å²) < 4.78 is 5.76. The zero-order chi connectivity index (χ0) is 16.8. The van der Waals surface area contributed by atoms with E-state index in [-0.39, 0.29) is 5.91 Å². The summed E-state index contributed by atoms with van der Waals surface area (Å²) in [6, 6.07) is 7.06. The van der Waals surface area contributed by atoms with Crippen LogP contribution in [0, 0.1) is 5.92 Å². The number of benzene rings is 1. The van der Waals surface area contributed by atoms with Crippen LogP contribution in [0.15, 0.2) is 24.3 Å². The van der Waals surface area contributed by atoms with Gasteiger partial charge in [-0.25, -0.2) is 0 Å². The van der Waals surface area contributed by atoms with E-state index < -0.39 is 11.8 Å². The Kier molecular flexibility index (Phi) is 6.02. The van der Waals surface area contributed by atoms with E-state index in [1.54, 1.807) is 38.4 Å². The van der Waals surface area contributed by atoms with Crippen molar-refractivity contribution in [1.82, 2.24) is 4.90 Å². The Morgan fingerprint density at radius 2 is 1.83 bits per heavy atom. The molecule has 126 valence electrons. The molecule has 0 heterocycles. The van der Waals surface area contributed by atoms with Crippen molar-refractivity contribution < 1.29 is 14.3 Å². The van der Waals surface area contributed by atoms with Crippen LogP contribution in [0.5, 0.6) is 5.75 Å². The summed E-state index contributed by atoms with van der Waals surface area (Å²) in [6.45, 7) is 0.708. The molecule has 0 saturated heterocycles. The van der Waals surface area contributed by atoms with Gasteiger partial charge >= 0.3 is 0 Å². The Morgan fingerprint density at radius 1 is 1.22 bits per heavy atom. The van der Waals surface area contributed by atoms with E-state index in [1.165, 1.54) is 30.6 Å². The highest BCUT2D eigenvalue weighted by Crippen LogP contribution is 2.28. The lowest BCUT2D eigenvalue weighted by atomic mass is 9.97. The number of nitrogens with zero attached hydrogens (tertiary/aromatic N) is 1. The summed E-state index contributed by atoms with van der Waals surface area (Å²) in [4.78, 5) is 25.1. The molecule has 5 heteroatoms. The van der Waals surface area contributed by atoms with Crippen LogP contribution in [0.25, 0.3) is 0 Å². The maximum atomic E-state index is 12.1.